The van der Waals surface area contributed by atoms with Crippen molar-refractivity contribution in [1.29, 1.82) is 0 Å². The van der Waals surface area contributed by atoms with E-state index in [2.05, 4.69) is 6.58 Å². The van der Waals surface area contributed by atoms with Crippen LogP contribution in [0.15, 0.2) is 12.7 Å². The Morgan fingerprint density at radius 2 is 1.84 bits per heavy atom. The van der Waals surface area contributed by atoms with Gasteiger partial charge in [-0.25, -0.2) is 13.2 Å². The van der Waals surface area contributed by atoms with E-state index in [0.717, 1.165) is 6.08 Å². The highest BCUT2D eigenvalue weighted by atomic mass is 32.2. The van der Waals surface area contributed by atoms with Crippen LogP contribution in [0.4, 0.5) is 0 Å². The summed E-state index contributed by atoms with van der Waals surface area (Å²) in [4.78, 5) is 32.4. The highest BCUT2D eigenvalue weighted by molar-refractivity contribution is 7.92. The first-order chi connectivity index (χ1) is 8.68. The Morgan fingerprint density at radius 1 is 1.26 bits per heavy atom. The summed E-state index contributed by atoms with van der Waals surface area (Å²) in [5.74, 6) is -4.88. The zero-order chi connectivity index (χ0) is 15.1. The van der Waals surface area contributed by atoms with Crippen molar-refractivity contribution in [2.45, 2.75) is 18.9 Å². The molecule has 3 N–H and O–H groups in total. The summed E-state index contributed by atoms with van der Waals surface area (Å²) in [5, 5.41) is 19.2. The van der Waals surface area contributed by atoms with E-state index in [1.54, 1.807) is 0 Å². The fraction of sp³-hybridized carbons (Fsp3) is 0.500. The third-order valence-electron chi connectivity index (χ3n) is 2.00. The van der Waals surface area contributed by atoms with E-state index in [1.807, 2.05) is 5.32 Å². The normalized spacial score (nSPS) is 12.4. The van der Waals surface area contributed by atoms with Crippen molar-refractivity contribution in [2.24, 2.45) is 0 Å². The van der Waals surface area contributed by atoms with E-state index in [-0.39, 0.29) is 6.42 Å². The molecule has 0 aromatic heterocycles. The number of amides is 1. The molecule has 9 heteroatoms. The molecule has 0 rings (SSSR count). The van der Waals surface area contributed by atoms with Crippen LogP contribution >= 0.6 is 0 Å². The lowest BCUT2D eigenvalue weighted by Gasteiger charge is -2.13. The monoisotopic (exact) mass is 293 g/mol. The second kappa shape index (κ2) is 7.52. The Kier molecular flexibility index (Phi) is 6.76. The van der Waals surface area contributed by atoms with Crippen LogP contribution in [0.3, 0.4) is 0 Å². The highest BCUT2D eigenvalue weighted by Gasteiger charge is 2.23. The van der Waals surface area contributed by atoms with Gasteiger partial charge in [0, 0.05) is 6.42 Å². The lowest BCUT2D eigenvalue weighted by Crippen LogP contribution is -2.43. The molecule has 0 aliphatic carbocycles. The van der Waals surface area contributed by atoms with Crippen molar-refractivity contribution >= 4 is 27.7 Å². The quantitative estimate of drug-likeness (QED) is 0.464. The van der Waals surface area contributed by atoms with Crippen LogP contribution in [-0.2, 0) is 24.2 Å². The van der Waals surface area contributed by atoms with Gasteiger partial charge < -0.3 is 15.5 Å². The smallest absolute Gasteiger partial charge is 0.326 e. The molecular formula is C10H15NO7S. The number of carboxylic acid groups (broad SMARTS) is 2. The summed E-state index contributed by atoms with van der Waals surface area (Å²) < 4.78 is 22.6. The second-order valence-corrected chi connectivity index (χ2v) is 5.84. The van der Waals surface area contributed by atoms with Gasteiger partial charge in [-0.15, -0.1) is 6.58 Å². The summed E-state index contributed by atoms with van der Waals surface area (Å²) in [5.41, 5.74) is 0. The second-order valence-electron chi connectivity index (χ2n) is 3.73. The summed E-state index contributed by atoms with van der Waals surface area (Å²) in [6.45, 7) is 3.22. The van der Waals surface area contributed by atoms with E-state index in [0.29, 0.717) is 0 Å². The molecule has 19 heavy (non-hydrogen) atoms. The van der Waals surface area contributed by atoms with Gasteiger partial charge in [-0.2, -0.15) is 0 Å². The molecule has 1 unspecified atom stereocenters. The number of carbonyl (C=O) groups is 3. The van der Waals surface area contributed by atoms with Crippen molar-refractivity contribution in [3.05, 3.63) is 12.7 Å². The molecule has 0 fully saturated rings. The summed E-state index contributed by atoms with van der Waals surface area (Å²) in [7, 11) is -3.67. The van der Waals surface area contributed by atoms with Gasteiger partial charge in [-0.3, -0.25) is 9.59 Å². The molecule has 0 bridgehead atoms. The van der Waals surface area contributed by atoms with E-state index in [4.69, 9.17) is 10.2 Å². The molecule has 0 aliphatic rings. The zero-order valence-electron chi connectivity index (χ0n) is 10.0. The van der Waals surface area contributed by atoms with Crippen LogP contribution in [0.2, 0.25) is 0 Å². The maximum atomic E-state index is 11.4. The predicted molar refractivity (Wildman–Crippen MR) is 65.3 cm³/mol. The first-order valence-electron chi connectivity index (χ1n) is 5.23. The Morgan fingerprint density at radius 3 is 2.26 bits per heavy atom. The van der Waals surface area contributed by atoms with Gasteiger partial charge in [0.1, 0.15) is 11.8 Å². The van der Waals surface area contributed by atoms with Crippen LogP contribution in [0.1, 0.15) is 12.8 Å². The van der Waals surface area contributed by atoms with Crippen molar-refractivity contribution < 1.29 is 33.0 Å². The van der Waals surface area contributed by atoms with E-state index >= 15 is 0 Å². The molecular weight excluding hydrogens is 278 g/mol. The maximum Gasteiger partial charge on any atom is 0.326 e. The number of hydrogen-bond acceptors (Lipinski definition) is 5. The minimum atomic E-state index is -3.67. The molecule has 0 aromatic carbocycles. The van der Waals surface area contributed by atoms with Crippen molar-refractivity contribution in [2.75, 3.05) is 11.5 Å². The predicted octanol–water partition coefficient (Wildman–Crippen LogP) is -0.979. The Hall–Kier alpha value is -1.90. The summed E-state index contributed by atoms with van der Waals surface area (Å²) >= 11 is 0. The van der Waals surface area contributed by atoms with E-state index < -0.39 is 51.7 Å². The van der Waals surface area contributed by atoms with Crippen LogP contribution in [-0.4, -0.2) is 54.0 Å². The van der Waals surface area contributed by atoms with Crippen LogP contribution in [0, 0.1) is 0 Å². The standard InChI is InChI=1S/C10H15NO7S/c1-2-5-19(17,18)6-8(12)11-7(10(15)16)3-4-9(13)14/h2,7H,1,3-6H2,(H,11,12)(H,13,14)(H,15,16). The summed E-state index contributed by atoms with van der Waals surface area (Å²) in [6, 6.07) is -1.43. The molecule has 0 saturated heterocycles. The average molecular weight is 293 g/mol. The van der Waals surface area contributed by atoms with Gasteiger partial charge in [-0.05, 0) is 6.42 Å². The Labute approximate surface area is 110 Å². The average Bonchev–Trinajstić information content (AvgIpc) is 2.22. The van der Waals surface area contributed by atoms with Crippen molar-refractivity contribution in [1.82, 2.24) is 5.32 Å². The number of nitrogens with one attached hydrogen (secondary N) is 1. The lowest BCUT2D eigenvalue weighted by molar-refractivity contribution is -0.142. The number of hydrogen-bond donors (Lipinski definition) is 3. The minimum absolute atomic E-state index is 0.322. The number of sulfone groups is 1. The first-order valence-corrected chi connectivity index (χ1v) is 7.05. The fourth-order valence-corrected chi connectivity index (χ4v) is 2.16. The van der Waals surface area contributed by atoms with E-state index in [9.17, 15) is 22.8 Å². The third kappa shape index (κ3) is 7.92. The molecule has 108 valence electrons. The molecule has 1 atom stereocenters. The number of aliphatic carboxylic acids is 2. The molecule has 1 amide bonds. The van der Waals surface area contributed by atoms with Gasteiger partial charge in [0.15, 0.2) is 9.84 Å². The largest absolute Gasteiger partial charge is 0.481 e. The zero-order valence-corrected chi connectivity index (χ0v) is 10.9. The van der Waals surface area contributed by atoms with Gasteiger partial charge in [0.05, 0.1) is 5.75 Å². The van der Waals surface area contributed by atoms with E-state index in [1.165, 1.54) is 0 Å². The topological polar surface area (TPSA) is 138 Å². The lowest BCUT2D eigenvalue weighted by atomic mass is 10.1. The first kappa shape index (κ1) is 17.1. The summed E-state index contributed by atoms with van der Waals surface area (Å²) in [6.07, 6.45) is 0.344. The van der Waals surface area contributed by atoms with Gasteiger partial charge in [0.2, 0.25) is 5.91 Å². The molecule has 0 aliphatic heterocycles. The van der Waals surface area contributed by atoms with Crippen LogP contribution in [0.5, 0.6) is 0 Å². The molecule has 0 spiro atoms. The van der Waals surface area contributed by atoms with Crippen LogP contribution < -0.4 is 5.32 Å². The highest BCUT2D eigenvalue weighted by Crippen LogP contribution is 1.99. The SMILES string of the molecule is C=CCS(=O)(=O)CC(=O)NC(CCC(=O)O)C(=O)O. The Balaban J connectivity index is 4.52. The van der Waals surface area contributed by atoms with Crippen molar-refractivity contribution in [3.63, 3.8) is 0 Å². The van der Waals surface area contributed by atoms with Gasteiger partial charge in [-0.1, -0.05) is 6.08 Å². The minimum Gasteiger partial charge on any atom is -0.481 e. The Bertz CT molecular complexity index is 468. The van der Waals surface area contributed by atoms with Crippen LogP contribution in [0.25, 0.3) is 0 Å². The molecule has 0 saturated carbocycles. The maximum absolute atomic E-state index is 11.4. The van der Waals surface area contributed by atoms with Gasteiger partial charge >= 0.3 is 11.9 Å². The number of carboxylic acids is 2. The fourth-order valence-electron chi connectivity index (χ4n) is 1.20. The molecule has 0 heterocycles. The van der Waals surface area contributed by atoms with Gasteiger partial charge in [0.25, 0.3) is 0 Å². The third-order valence-corrected chi connectivity index (χ3v) is 3.45. The number of carbonyl (C=O) groups excluding carboxylic acids is 1. The molecule has 8 nitrogen and oxygen atoms in total. The molecule has 0 aromatic rings. The number of rotatable bonds is 9. The molecule has 0 radical (unpaired) electrons. The van der Waals surface area contributed by atoms with Crippen molar-refractivity contribution in [3.8, 4) is 0 Å².